The summed E-state index contributed by atoms with van der Waals surface area (Å²) in [7, 11) is -3.25. The lowest BCUT2D eigenvalue weighted by Gasteiger charge is -2.28. The number of aliphatic hydroxyl groups excluding tert-OH is 1. The fourth-order valence-corrected chi connectivity index (χ4v) is 2.98. The summed E-state index contributed by atoms with van der Waals surface area (Å²) in [5, 5.41) is 8.57. The monoisotopic (exact) mass is 235 g/mol. The van der Waals surface area contributed by atoms with Crippen molar-refractivity contribution in [3.63, 3.8) is 0 Å². The molecule has 0 spiro atoms. The van der Waals surface area contributed by atoms with Crippen LogP contribution in [0.3, 0.4) is 0 Å². The molecule has 0 saturated heterocycles. The number of aliphatic hydroxyl groups is 1. The fourth-order valence-electron chi connectivity index (χ4n) is 2.12. The van der Waals surface area contributed by atoms with E-state index >= 15 is 0 Å². The van der Waals surface area contributed by atoms with Crippen LogP contribution in [0.2, 0.25) is 0 Å². The maximum atomic E-state index is 11.3. The third kappa shape index (κ3) is 4.49. The second-order valence-corrected chi connectivity index (χ2v) is 6.34. The molecule has 4 nitrogen and oxygen atoms in total. The molecule has 0 aromatic heterocycles. The van der Waals surface area contributed by atoms with E-state index in [1.807, 2.05) is 0 Å². The van der Waals surface area contributed by atoms with Gasteiger partial charge in [-0.15, -0.1) is 0 Å². The predicted octanol–water partition coefficient (Wildman–Crippen LogP) is 0.724. The Labute approximate surface area is 92.1 Å². The normalized spacial score (nSPS) is 27.9. The lowest BCUT2D eigenvalue weighted by molar-refractivity contribution is 0.257. The average molecular weight is 235 g/mol. The fraction of sp³-hybridized carbons (Fsp3) is 1.00. The number of rotatable bonds is 5. The van der Waals surface area contributed by atoms with Crippen molar-refractivity contribution in [2.75, 3.05) is 18.9 Å². The van der Waals surface area contributed by atoms with Crippen LogP contribution in [-0.4, -0.2) is 32.4 Å². The van der Waals surface area contributed by atoms with Gasteiger partial charge in [0.25, 0.3) is 0 Å². The summed E-state index contributed by atoms with van der Waals surface area (Å²) < 4.78 is 25.2. The van der Waals surface area contributed by atoms with Gasteiger partial charge < -0.3 is 5.11 Å². The second kappa shape index (κ2) is 5.82. The summed E-state index contributed by atoms with van der Waals surface area (Å²) in [6, 6.07) is 0. The van der Waals surface area contributed by atoms with Crippen LogP contribution >= 0.6 is 0 Å². The molecule has 1 aliphatic rings. The van der Waals surface area contributed by atoms with Crippen molar-refractivity contribution in [3.8, 4) is 0 Å². The van der Waals surface area contributed by atoms with Crippen molar-refractivity contribution >= 4 is 10.0 Å². The molecule has 1 fully saturated rings. The molecule has 1 rings (SSSR count). The summed E-state index contributed by atoms with van der Waals surface area (Å²) in [6.45, 7) is 2.41. The number of nitrogens with one attached hydrogen (secondary N) is 1. The van der Waals surface area contributed by atoms with E-state index in [1.165, 1.54) is 19.3 Å². The summed E-state index contributed by atoms with van der Waals surface area (Å²) >= 11 is 0. The Bertz CT molecular complexity index is 276. The molecule has 2 unspecified atom stereocenters. The van der Waals surface area contributed by atoms with E-state index < -0.39 is 10.0 Å². The molecule has 0 aromatic rings. The van der Waals surface area contributed by atoms with Crippen molar-refractivity contribution in [1.82, 2.24) is 4.72 Å². The van der Waals surface area contributed by atoms with Gasteiger partial charge in [0.1, 0.15) is 0 Å². The standard InChI is InChI=1S/C10H21NO3S/c1-9-4-2-3-5-10(9)8-11-15(13,14)7-6-12/h9-12H,2-8H2,1H3. The minimum Gasteiger partial charge on any atom is -0.395 e. The van der Waals surface area contributed by atoms with Gasteiger partial charge in [0.15, 0.2) is 0 Å². The van der Waals surface area contributed by atoms with E-state index in [-0.39, 0.29) is 12.4 Å². The Morgan fingerprint density at radius 2 is 2.00 bits per heavy atom. The van der Waals surface area contributed by atoms with Crippen molar-refractivity contribution < 1.29 is 13.5 Å². The molecule has 5 heteroatoms. The van der Waals surface area contributed by atoms with Crippen LogP contribution in [0.15, 0.2) is 0 Å². The van der Waals surface area contributed by atoms with Gasteiger partial charge >= 0.3 is 0 Å². The molecular formula is C10H21NO3S. The van der Waals surface area contributed by atoms with Gasteiger partial charge in [0, 0.05) is 6.54 Å². The summed E-state index contributed by atoms with van der Waals surface area (Å²) in [6.07, 6.45) is 4.78. The Balaban J connectivity index is 2.35. The van der Waals surface area contributed by atoms with Gasteiger partial charge in [0.05, 0.1) is 12.4 Å². The van der Waals surface area contributed by atoms with E-state index in [1.54, 1.807) is 0 Å². The van der Waals surface area contributed by atoms with Crippen LogP contribution in [0, 0.1) is 11.8 Å². The van der Waals surface area contributed by atoms with Gasteiger partial charge in [-0.2, -0.15) is 0 Å². The quantitative estimate of drug-likeness (QED) is 0.738. The summed E-state index contributed by atoms with van der Waals surface area (Å²) in [5.74, 6) is 0.886. The van der Waals surface area contributed by atoms with Crippen molar-refractivity contribution in [1.29, 1.82) is 0 Å². The van der Waals surface area contributed by atoms with E-state index in [0.717, 1.165) is 6.42 Å². The minimum absolute atomic E-state index is 0.186. The molecule has 90 valence electrons. The Morgan fingerprint density at radius 3 is 2.60 bits per heavy atom. The van der Waals surface area contributed by atoms with Gasteiger partial charge in [-0.25, -0.2) is 13.1 Å². The zero-order valence-corrected chi connectivity index (χ0v) is 10.1. The minimum atomic E-state index is -3.25. The Kier molecular flexibility index (Phi) is 5.02. The molecule has 0 radical (unpaired) electrons. The van der Waals surface area contributed by atoms with Crippen LogP contribution in [0.5, 0.6) is 0 Å². The van der Waals surface area contributed by atoms with Gasteiger partial charge in [-0.1, -0.05) is 26.2 Å². The van der Waals surface area contributed by atoms with Crippen molar-refractivity contribution in [3.05, 3.63) is 0 Å². The molecule has 0 amide bonds. The van der Waals surface area contributed by atoms with Crippen LogP contribution in [0.4, 0.5) is 0 Å². The molecule has 0 aromatic carbocycles. The number of sulfonamides is 1. The maximum Gasteiger partial charge on any atom is 0.213 e. The number of hydrogen-bond donors (Lipinski definition) is 2. The molecule has 2 N–H and O–H groups in total. The first-order valence-electron chi connectivity index (χ1n) is 5.63. The molecule has 2 atom stereocenters. The van der Waals surface area contributed by atoms with Crippen molar-refractivity contribution in [2.45, 2.75) is 32.6 Å². The molecule has 0 bridgehead atoms. The molecule has 15 heavy (non-hydrogen) atoms. The summed E-state index contributed by atoms with van der Waals surface area (Å²) in [5.41, 5.74) is 0. The van der Waals surface area contributed by atoms with Crippen LogP contribution in [0.1, 0.15) is 32.6 Å². The lowest BCUT2D eigenvalue weighted by Crippen LogP contribution is -2.35. The number of hydrogen-bond acceptors (Lipinski definition) is 3. The zero-order valence-electron chi connectivity index (χ0n) is 9.28. The highest BCUT2D eigenvalue weighted by Gasteiger charge is 2.22. The van der Waals surface area contributed by atoms with E-state index in [4.69, 9.17) is 5.11 Å². The predicted molar refractivity (Wildman–Crippen MR) is 60.0 cm³/mol. The SMILES string of the molecule is CC1CCCCC1CNS(=O)(=O)CCO. The first-order chi connectivity index (χ1) is 7.05. The third-order valence-corrected chi connectivity index (χ3v) is 4.54. The Hall–Kier alpha value is -0.130. The van der Waals surface area contributed by atoms with E-state index in [0.29, 0.717) is 18.4 Å². The van der Waals surface area contributed by atoms with E-state index in [9.17, 15) is 8.42 Å². The van der Waals surface area contributed by atoms with Crippen molar-refractivity contribution in [2.24, 2.45) is 11.8 Å². The largest absolute Gasteiger partial charge is 0.395 e. The van der Waals surface area contributed by atoms with Crippen LogP contribution in [-0.2, 0) is 10.0 Å². The first-order valence-corrected chi connectivity index (χ1v) is 7.28. The zero-order chi connectivity index (χ0) is 11.3. The second-order valence-electron chi connectivity index (χ2n) is 4.41. The highest BCUT2D eigenvalue weighted by atomic mass is 32.2. The molecule has 1 saturated carbocycles. The van der Waals surface area contributed by atoms with Gasteiger partial charge in [-0.05, 0) is 18.3 Å². The van der Waals surface area contributed by atoms with Crippen LogP contribution < -0.4 is 4.72 Å². The first kappa shape index (κ1) is 12.9. The smallest absolute Gasteiger partial charge is 0.213 e. The topological polar surface area (TPSA) is 66.4 Å². The maximum absolute atomic E-state index is 11.3. The molecular weight excluding hydrogens is 214 g/mol. The lowest BCUT2D eigenvalue weighted by atomic mass is 9.81. The molecule has 0 aliphatic heterocycles. The van der Waals surface area contributed by atoms with Crippen LogP contribution in [0.25, 0.3) is 0 Å². The highest BCUT2D eigenvalue weighted by Crippen LogP contribution is 2.28. The van der Waals surface area contributed by atoms with Gasteiger partial charge in [-0.3, -0.25) is 0 Å². The molecule has 0 heterocycles. The highest BCUT2D eigenvalue weighted by molar-refractivity contribution is 7.89. The van der Waals surface area contributed by atoms with Gasteiger partial charge in [0.2, 0.25) is 10.0 Å². The molecule has 1 aliphatic carbocycles. The average Bonchev–Trinajstić information content (AvgIpc) is 2.16. The third-order valence-electron chi connectivity index (χ3n) is 3.21. The van der Waals surface area contributed by atoms with E-state index in [2.05, 4.69) is 11.6 Å². The summed E-state index contributed by atoms with van der Waals surface area (Å²) in [4.78, 5) is 0. The Morgan fingerprint density at radius 1 is 1.33 bits per heavy atom.